The maximum Gasteiger partial charge on any atom is 0.262 e. The summed E-state index contributed by atoms with van der Waals surface area (Å²) in [6.07, 6.45) is 3.37. The minimum Gasteiger partial charge on any atom is -0.378 e. The van der Waals surface area contributed by atoms with Crippen molar-refractivity contribution < 1.29 is 9.59 Å². The summed E-state index contributed by atoms with van der Waals surface area (Å²) in [5.74, 6) is -0.405. The number of rotatable bonds is 6. The van der Waals surface area contributed by atoms with Crippen molar-refractivity contribution >= 4 is 28.7 Å². The van der Waals surface area contributed by atoms with Gasteiger partial charge in [0.15, 0.2) is 5.17 Å². The van der Waals surface area contributed by atoms with E-state index < -0.39 is 5.25 Å². The number of carbonyl (C=O) groups is 2. The van der Waals surface area contributed by atoms with Crippen molar-refractivity contribution in [3.05, 3.63) is 0 Å². The van der Waals surface area contributed by atoms with Gasteiger partial charge in [-0.3, -0.25) is 9.59 Å². The van der Waals surface area contributed by atoms with Crippen molar-refractivity contribution in [2.45, 2.75) is 37.9 Å². The van der Waals surface area contributed by atoms with Crippen LogP contribution in [-0.4, -0.2) is 28.8 Å². The number of hydrogen-bond donors (Lipinski definition) is 2. The number of thioether (sulfide) groups is 1. The van der Waals surface area contributed by atoms with Crippen LogP contribution >= 0.6 is 11.8 Å². The molecular formula is C10H17N3O2S. The SMILES string of the molecule is CCCCCNC(=O)CC1SC(N)=NC1=O. The van der Waals surface area contributed by atoms with Gasteiger partial charge in [0, 0.05) is 13.0 Å². The highest BCUT2D eigenvalue weighted by Crippen LogP contribution is 2.22. The monoisotopic (exact) mass is 243 g/mol. The van der Waals surface area contributed by atoms with E-state index in [1.807, 2.05) is 0 Å². The molecule has 0 aromatic carbocycles. The van der Waals surface area contributed by atoms with Gasteiger partial charge in [0.2, 0.25) is 5.91 Å². The largest absolute Gasteiger partial charge is 0.378 e. The Bertz CT molecular complexity index is 304. The molecular weight excluding hydrogens is 226 g/mol. The fourth-order valence-electron chi connectivity index (χ4n) is 1.38. The number of aliphatic imine (C=N–C) groups is 1. The Hall–Kier alpha value is -1.04. The molecule has 0 saturated carbocycles. The molecule has 1 aliphatic rings. The summed E-state index contributed by atoms with van der Waals surface area (Å²) in [7, 11) is 0. The zero-order valence-corrected chi connectivity index (χ0v) is 10.2. The van der Waals surface area contributed by atoms with Crippen LogP contribution in [0.1, 0.15) is 32.6 Å². The lowest BCUT2D eigenvalue weighted by Gasteiger charge is -2.07. The standard InChI is InChI=1S/C10H17N3O2S/c1-2-3-4-5-12-8(14)6-7-9(15)13-10(11)16-7/h7H,2-6H2,1H3,(H,12,14)(H2,11,13,15). The molecule has 1 rings (SSSR count). The highest BCUT2D eigenvalue weighted by atomic mass is 32.2. The molecule has 0 aromatic heterocycles. The van der Waals surface area contributed by atoms with Gasteiger partial charge in [0.1, 0.15) is 5.25 Å². The van der Waals surface area contributed by atoms with E-state index in [9.17, 15) is 9.59 Å². The molecule has 1 heterocycles. The normalized spacial score (nSPS) is 19.7. The second kappa shape index (κ2) is 6.52. The molecule has 16 heavy (non-hydrogen) atoms. The summed E-state index contributed by atoms with van der Waals surface area (Å²) < 4.78 is 0. The average Bonchev–Trinajstić information content (AvgIpc) is 2.52. The van der Waals surface area contributed by atoms with E-state index in [1.54, 1.807) is 0 Å². The van der Waals surface area contributed by atoms with E-state index in [0.717, 1.165) is 31.0 Å². The molecule has 1 aliphatic heterocycles. The summed E-state index contributed by atoms with van der Waals surface area (Å²) >= 11 is 1.16. The quantitative estimate of drug-likeness (QED) is 0.670. The summed E-state index contributed by atoms with van der Waals surface area (Å²) in [6.45, 7) is 2.78. The summed E-state index contributed by atoms with van der Waals surface area (Å²) in [5.41, 5.74) is 5.39. The number of nitrogens with two attached hydrogens (primary N) is 1. The predicted molar refractivity (Wildman–Crippen MR) is 65.2 cm³/mol. The lowest BCUT2D eigenvalue weighted by atomic mass is 10.2. The van der Waals surface area contributed by atoms with Crippen LogP contribution in [0.25, 0.3) is 0 Å². The van der Waals surface area contributed by atoms with Crippen molar-refractivity contribution in [3.8, 4) is 0 Å². The van der Waals surface area contributed by atoms with E-state index in [1.165, 1.54) is 0 Å². The van der Waals surface area contributed by atoms with Crippen LogP contribution < -0.4 is 11.1 Å². The Balaban J connectivity index is 2.18. The number of carbonyl (C=O) groups excluding carboxylic acids is 2. The van der Waals surface area contributed by atoms with Crippen LogP contribution in [-0.2, 0) is 9.59 Å². The molecule has 1 unspecified atom stereocenters. The first-order valence-corrected chi connectivity index (χ1v) is 6.32. The molecule has 6 heteroatoms. The maximum absolute atomic E-state index is 11.4. The van der Waals surface area contributed by atoms with Crippen LogP contribution in [0.4, 0.5) is 0 Å². The molecule has 0 aromatic rings. The Morgan fingerprint density at radius 3 is 2.88 bits per heavy atom. The van der Waals surface area contributed by atoms with Gasteiger partial charge in [-0.1, -0.05) is 31.5 Å². The third kappa shape index (κ3) is 4.22. The number of amides is 2. The predicted octanol–water partition coefficient (Wildman–Crippen LogP) is 0.640. The fraction of sp³-hybridized carbons (Fsp3) is 0.700. The van der Waals surface area contributed by atoms with E-state index in [0.29, 0.717) is 6.54 Å². The van der Waals surface area contributed by atoms with Gasteiger partial charge in [0.05, 0.1) is 0 Å². The second-order valence-electron chi connectivity index (χ2n) is 3.66. The van der Waals surface area contributed by atoms with E-state index >= 15 is 0 Å². The molecule has 1 atom stereocenters. The van der Waals surface area contributed by atoms with Crippen LogP contribution in [0, 0.1) is 0 Å². The minimum atomic E-state index is -0.425. The first-order valence-electron chi connectivity index (χ1n) is 5.45. The molecule has 0 aliphatic carbocycles. The zero-order chi connectivity index (χ0) is 12.0. The van der Waals surface area contributed by atoms with E-state index in [-0.39, 0.29) is 23.4 Å². The summed E-state index contributed by atoms with van der Waals surface area (Å²) in [6, 6.07) is 0. The lowest BCUT2D eigenvalue weighted by molar-refractivity contribution is -0.124. The minimum absolute atomic E-state index is 0.105. The molecule has 5 nitrogen and oxygen atoms in total. The number of hydrogen-bond acceptors (Lipinski definition) is 4. The van der Waals surface area contributed by atoms with E-state index in [2.05, 4.69) is 17.2 Å². The average molecular weight is 243 g/mol. The maximum atomic E-state index is 11.4. The van der Waals surface area contributed by atoms with Crippen molar-refractivity contribution in [1.82, 2.24) is 5.32 Å². The van der Waals surface area contributed by atoms with Gasteiger partial charge < -0.3 is 11.1 Å². The number of nitrogens with one attached hydrogen (secondary N) is 1. The van der Waals surface area contributed by atoms with Crippen LogP contribution in [0.3, 0.4) is 0 Å². The first kappa shape index (κ1) is 13.0. The lowest BCUT2D eigenvalue weighted by Crippen LogP contribution is -2.29. The number of nitrogens with zero attached hydrogens (tertiary/aromatic N) is 1. The van der Waals surface area contributed by atoms with Gasteiger partial charge in [-0.2, -0.15) is 4.99 Å². The van der Waals surface area contributed by atoms with Gasteiger partial charge in [0.25, 0.3) is 5.91 Å². The van der Waals surface area contributed by atoms with Gasteiger partial charge in [-0.15, -0.1) is 0 Å². The van der Waals surface area contributed by atoms with Gasteiger partial charge in [-0.05, 0) is 6.42 Å². The Kier molecular flexibility index (Phi) is 5.31. The molecule has 0 bridgehead atoms. The van der Waals surface area contributed by atoms with E-state index in [4.69, 9.17) is 5.73 Å². The van der Waals surface area contributed by atoms with Crippen LogP contribution in [0.5, 0.6) is 0 Å². The third-order valence-electron chi connectivity index (χ3n) is 2.23. The van der Waals surface area contributed by atoms with Crippen LogP contribution in [0.15, 0.2) is 4.99 Å². The first-order chi connectivity index (χ1) is 7.63. The molecule has 2 amide bonds. The molecule has 0 spiro atoms. The van der Waals surface area contributed by atoms with Crippen molar-refractivity contribution in [2.75, 3.05) is 6.54 Å². The smallest absolute Gasteiger partial charge is 0.262 e. The highest BCUT2D eigenvalue weighted by molar-refractivity contribution is 8.15. The van der Waals surface area contributed by atoms with Crippen molar-refractivity contribution in [3.63, 3.8) is 0 Å². The zero-order valence-electron chi connectivity index (χ0n) is 9.36. The Morgan fingerprint density at radius 2 is 2.31 bits per heavy atom. The van der Waals surface area contributed by atoms with Crippen molar-refractivity contribution in [1.29, 1.82) is 0 Å². The Morgan fingerprint density at radius 1 is 1.56 bits per heavy atom. The summed E-state index contributed by atoms with van der Waals surface area (Å²) in [4.78, 5) is 26.2. The van der Waals surface area contributed by atoms with Gasteiger partial charge in [-0.25, -0.2) is 0 Å². The molecule has 90 valence electrons. The number of unbranched alkanes of at least 4 members (excludes halogenated alkanes) is 2. The molecule has 3 N–H and O–H groups in total. The summed E-state index contributed by atoms with van der Waals surface area (Å²) in [5, 5.41) is 2.62. The third-order valence-corrected chi connectivity index (χ3v) is 3.22. The van der Waals surface area contributed by atoms with Gasteiger partial charge >= 0.3 is 0 Å². The van der Waals surface area contributed by atoms with Crippen molar-refractivity contribution in [2.24, 2.45) is 10.7 Å². The van der Waals surface area contributed by atoms with Crippen LogP contribution in [0.2, 0.25) is 0 Å². The Labute approximate surface area is 99.2 Å². The fourth-order valence-corrected chi connectivity index (χ4v) is 2.20. The second-order valence-corrected chi connectivity index (χ2v) is 4.88. The molecule has 0 fully saturated rings. The molecule has 0 radical (unpaired) electrons. The molecule has 0 saturated heterocycles. The highest BCUT2D eigenvalue weighted by Gasteiger charge is 2.28. The topological polar surface area (TPSA) is 84.6 Å². The number of amidine groups is 1.